The first-order chi connectivity index (χ1) is 16.1. The second-order valence-electron chi connectivity index (χ2n) is 9.02. The van der Waals surface area contributed by atoms with Crippen LogP contribution in [-0.4, -0.2) is 50.2 Å². The number of aromatic nitrogens is 5. The molecular weight excluding hydrogens is 440 g/mol. The summed E-state index contributed by atoms with van der Waals surface area (Å²) in [5, 5.41) is 3.15. The molecule has 34 heavy (non-hydrogen) atoms. The SMILES string of the molecule is Cc1cc(-c2c(-c3ccccc3)nc(N)[n+]3c(=O)n(C[C@@H]4CC(F)(F)CN4C)[nH]c23)cc(C)n1. The summed E-state index contributed by atoms with van der Waals surface area (Å²) in [6, 6.07) is 12.9. The third kappa shape index (κ3) is 3.83. The molecule has 0 spiro atoms. The molecule has 3 N–H and O–H groups in total. The predicted octanol–water partition coefficient (Wildman–Crippen LogP) is 2.58. The molecule has 5 rings (SSSR count). The number of rotatable bonds is 4. The minimum Gasteiger partial charge on any atom is -0.319 e. The van der Waals surface area contributed by atoms with Crippen molar-refractivity contribution >= 4 is 11.6 Å². The summed E-state index contributed by atoms with van der Waals surface area (Å²) >= 11 is 0. The Morgan fingerprint density at radius 1 is 1.15 bits per heavy atom. The highest BCUT2D eigenvalue weighted by atomic mass is 19.3. The number of halogens is 2. The summed E-state index contributed by atoms with van der Waals surface area (Å²) in [7, 11) is 1.64. The Balaban J connectivity index is 1.75. The van der Waals surface area contributed by atoms with E-state index < -0.39 is 17.7 Å². The summed E-state index contributed by atoms with van der Waals surface area (Å²) in [4.78, 5) is 24.0. The maximum atomic E-state index is 13.9. The molecule has 0 bridgehead atoms. The molecule has 0 radical (unpaired) electrons. The predicted molar refractivity (Wildman–Crippen MR) is 125 cm³/mol. The number of likely N-dealkylation sites (N-methyl/N-ethyl adjacent to an activating group) is 1. The number of pyridine rings is 1. The van der Waals surface area contributed by atoms with Crippen molar-refractivity contribution in [2.75, 3.05) is 19.3 Å². The van der Waals surface area contributed by atoms with Gasteiger partial charge in [-0.3, -0.25) is 9.88 Å². The molecule has 8 nitrogen and oxygen atoms in total. The number of hydrogen-bond donors (Lipinski definition) is 2. The lowest BCUT2D eigenvalue weighted by atomic mass is 9.99. The lowest BCUT2D eigenvalue weighted by Crippen LogP contribution is -2.46. The highest BCUT2D eigenvalue weighted by Gasteiger charge is 2.44. The molecule has 3 aromatic heterocycles. The third-order valence-electron chi connectivity index (χ3n) is 6.26. The van der Waals surface area contributed by atoms with E-state index in [4.69, 9.17) is 5.73 Å². The van der Waals surface area contributed by atoms with Gasteiger partial charge in [-0.1, -0.05) is 30.3 Å². The zero-order valence-corrected chi connectivity index (χ0v) is 19.2. The van der Waals surface area contributed by atoms with Crippen LogP contribution in [0.4, 0.5) is 14.7 Å². The molecule has 0 amide bonds. The van der Waals surface area contributed by atoms with E-state index in [1.807, 2.05) is 56.3 Å². The quantitative estimate of drug-likeness (QED) is 0.451. The van der Waals surface area contributed by atoms with Crippen molar-refractivity contribution in [2.45, 2.75) is 38.8 Å². The van der Waals surface area contributed by atoms with Crippen LogP contribution >= 0.6 is 0 Å². The molecule has 1 saturated heterocycles. The van der Waals surface area contributed by atoms with E-state index in [1.165, 1.54) is 9.08 Å². The number of likely N-dealkylation sites (tertiary alicyclic amines) is 1. The first kappa shape index (κ1) is 22.1. The Bertz CT molecular complexity index is 1430. The minimum absolute atomic E-state index is 0.0187. The molecule has 1 fully saturated rings. The number of anilines is 1. The molecule has 1 aromatic carbocycles. The number of nitrogens with two attached hydrogens (primary N) is 1. The van der Waals surface area contributed by atoms with Crippen LogP contribution in [0.5, 0.6) is 0 Å². The first-order valence-corrected chi connectivity index (χ1v) is 11.1. The molecule has 0 saturated carbocycles. The number of H-pyrrole nitrogens is 1. The topological polar surface area (TPSA) is 96.9 Å². The van der Waals surface area contributed by atoms with Crippen molar-refractivity contribution in [3.05, 3.63) is 64.3 Å². The van der Waals surface area contributed by atoms with Gasteiger partial charge in [-0.25, -0.2) is 18.7 Å². The summed E-state index contributed by atoms with van der Waals surface area (Å²) in [5.74, 6) is -2.76. The number of aryl methyl sites for hydroxylation is 2. The Morgan fingerprint density at radius 3 is 2.44 bits per heavy atom. The molecule has 1 aliphatic heterocycles. The molecular formula is C24H26F2N7O+. The van der Waals surface area contributed by atoms with Gasteiger partial charge in [0.05, 0.1) is 18.7 Å². The summed E-state index contributed by atoms with van der Waals surface area (Å²) in [5.41, 5.74) is 10.9. The Labute approximate surface area is 194 Å². The van der Waals surface area contributed by atoms with Crippen molar-refractivity contribution in [3.8, 4) is 22.4 Å². The number of hydrogen-bond acceptors (Lipinski definition) is 5. The second-order valence-corrected chi connectivity index (χ2v) is 9.02. The van der Waals surface area contributed by atoms with Gasteiger partial charge in [0.1, 0.15) is 5.69 Å². The van der Waals surface area contributed by atoms with Crippen molar-refractivity contribution in [2.24, 2.45) is 0 Å². The summed E-state index contributed by atoms with van der Waals surface area (Å²) in [6.45, 7) is 3.55. The van der Waals surface area contributed by atoms with E-state index in [9.17, 15) is 13.6 Å². The van der Waals surface area contributed by atoms with Gasteiger partial charge in [0.2, 0.25) is 5.65 Å². The van der Waals surface area contributed by atoms with Crippen LogP contribution in [0, 0.1) is 13.8 Å². The maximum absolute atomic E-state index is 13.9. The van der Waals surface area contributed by atoms with Gasteiger partial charge in [0.25, 0.3) is 5.92 Å². The van der Waals surface area contributed by atoms with E-state index in [0.717, 1.165) is 22.5 Å². The van der Waals surface area contributed by atoms with E-state index in [1.54, 1.807) is 11.9 Å². The smallest absolute Gasteiger partial charge is 0.319 e. The highest BCUT2D eigenvalue weighted by Crippen LogP contribution is 2.34. The number of nitrogens with zero attached hydrogens (tertiary/aromatic N) is 5. The Kier molecular flexibility index (Phi) is 5.20. The number of aromatic amines is 1. The fourth-order valence-corrected chi connectivity index (χ4v) is 4.81. The van der Waals surface area contributed by atoms with Crippen molar-refractivity contribution in [1.82, 2.24) is 24.6 Å². The van der Waals surface area contributed by atoms with Gasteiger partial charge in [0, 0.05) is 29.4 Å². The number of nitrogens with one attached hydrogen (secondary N) is 1. The molecule has 4 heterocycles. The number of alkyl halides is 2. The molecule has 1 atom stereocenters. The lowest BCUT2D eigenvalue weighted by Gasteiger charge is -2.15. The summed E-state index contributed by atoms with van der Waals surface area (Å²) < 4.78 is 30.5. The van der Waals surface area contributed by atoms with Crippen LogP contribution < -0.4 is 15.8 Å². The molecule has 0 unspecified atom stereocenters. The third-order valence-corrected chi connectivity index (χ3v) is 6.26. The van der Waals surface area contributed by atoms with E-state index >= 15 is 0 Å². The van der Waals surface area contributed by atoms with Crippen LogP contribution in [0.2, 0.25) is 0 Å². The average Bonchev–Trinajstić information content (AvgIpc) is 3.22. The zero-order valence-electron chi connectivity index (χ0n) is 19.2. The number of nitrogen functional groups attached to an aromatic ring is 1. The lowest BCUT2D eigenvalue weighted by molar-refractivity contribution is -0.516. The van der Waals surface area contributed by atoms with Crippen molar-refractivity contribution < 1.29 is 13.2 Å². The molecule has 1 aliphatic rings. The standard InChI is InChI=1S/C24H25F2N7O/c1-14-9-17(10-15(2)28-14)19-20(16-7-5-4-6-8-16)29-22(27)33-21(19)30-32(23(33)34)12-18-11-24(25,26)13-31(18)3/h4-10,18H,11-13H2,1-3H3,(H2,27,28,29,30)/p+1/t18-/m0/s1. The normalized spacial score (nSPS) is 18.1. The van der Waals surface area contributed by atoms with Crippen LogP contribution in [0.1, 0.15) is 17.8 Å². The molecule has 4 aromatic rings. The number of benzene rings is 1. The zero-order chi connectivity index (χ0) is 24.2. The van der Waals surface area contributed by atoms with Crippen LogP contribution in [0.25, 0.3) is 28.0 Å². The van der Waals surface area contributed by atoms with Gasteiger partial charge in [-0.2, -0.15) is 4.68 Å². The Hall–Kier alpha value is -3.66. The van der Waals surface area contributed by atoms with E-state index in [0.29, 0.717) is 16.9 Å². The minimum atomic E-state index is -2.78. The van der Waals surface area contributed by atoms with Crippen LogP contribution in [0.3, 0.4) is 0 Å². The average molecular weight is 467 g/mol. The van der Waals surface area contributed by atoms with Gasteiger partial charge in [0.15, 0.2) is 0 Å². The summed E-state index contributed by atoms with van der Waals surface area (Å²) in [6.07, 6.45) is -0.311. The first-order valence-electron chi connectivity index (χ1n) is 11.1. The van der Waals surface area contributed by atoms with E-state index in [2.05, 4.69) is 15.1 Å². The Morgan fingerprint density at radius 2 is 1.82 bits per heavy atom. The number of fused-ring (bicyclic) bond motifs is 1. The molecule has 0 aliphatic carbocycles. The van der Waals surface area contributed by atoms with Crippen LogP contribution in [0.15, 0.2) is 47.3 Å². The van der Waals surface area contributed by atoms with Gasteiger partial charge in [-0.15, -0.1) is 9.38 Å². The largest absolute Gasteiger partial charge is 0.428 e. The van der Waals surface area contributed by atoms with Crippen molar-refractivity contribution in [3.63, 3.8) is 0 Å². The van der Waals surface area contributed by atoms with Gasteiger partial charge < -0.3 is 5.73 Å². The molecule has 176 valence electrons. The second kappa shape index (κ2) is 7.98. The fourth-order valence-electron chi connectivity index (χ4n) is 4.81. The fraction of sp³-hybridized carbons (Fsp3) is 0.333. The van der Waals surface area contributed by atoms with Crippen molar-refractivity contribution in [1.29, 1.82) is 0 Å². The van der Waals surface area contributed by atoms with Crippen LogP contribution in [-0.2, 0) is 6.54 Å². The maximum Gasteiger partial charge on any atom is 0.428 e. The van der Waals surface area contributed by atoms with E-state index in [-0.39, 0.29) is 25.5 Å². The monoisotopic (exact) mass is 466 g/mol. The molecule has 10 heteroatoms. The highest BCUT2D eigenvalue weighted by molar-refractivity contribution is 5.88. The van der Waals surface area contributed by atoms with Gasteiger partial charge >= 0.3 is 11.6 Å². The van der Waals surface area contributed by atoms with Gasteiger partial charge in [-0.05, 0) is 38.6 Å².